The average Bonchev–Trinajstić information content (AvgIpc) is 2.57. The van der Waals surface area contributed by atoms with Gasteiger partial charge in [0.25, 0.3) is 5.91 Å². The first kappa shape index (κ1) is 17.8. The Hall–Kier alpha value is -2.53. The molecular weight excluding hydrogens is 330 g/mol. The second kappa shape index (κ2) is 8.36. The number of ether oxygens (including phenoxy) is 2. The Kier molecular flexibility index (Phi) is 6.21. The molecule has 0 spiro atoms. The lowest BCUT2D eigenvalue weighted by atomic mass is 10.2. The van der Waals surface area contributed by atoms with Crippen molar-refractivity contribution in [2.75, 3.05) is 11.9 Å². The molecule has 0 radical (unpaired) electrons. The summed E-state index contributed by atoms with van der Waals surface area (Å²) in [6, 6.07) is 13.2. The predicted molar refractivity (Wildman–Crippen MR) is 92.6 cm³/mol. The van der Waals surface area contributed by atoms with Gasteiger partial charge in [-0.15, -0.1) is 0 Å². The molecular formula is C18H18ClNO4. The summed E-state index contributed by atoms with van der Waals surface area (Å²) in [4.78, 5) is 24.1. The van der Waals surface area contributed by atoms with Crippen LogP contribution in [0.3, 0.4) is 0 Å². The van der Waals surface area contributed by atoms with E-state index in [0.29, 0.717) is 22.9 Å². The largest absolute Gasteiger partial charge is 0.494 e. The lowest BCUT2D eigenvalue weighted by Gasteiger charge is -2.14. The Bertz CT molecular complexity index is 698. The summed E-state index contributed by atoms with van der Waals surface area (Å²) in [6.45, 7) is 3.98. The van der Waals surface area contributed by atoms with Crippen LogP contribution in [0, 0.1) is 0 Å². The van der Waals surface area contributed by atoms with E-state index in [0.717, 1.165) is 5.75 Å². The van der Waals surface area contributed by atoms with Crippen molar-refractivity contribution in [2.45, 2.75) is 20.0 Å². The number of esters is 1. The number of anilines is 1. The van der Waals surface area contributed by atoms with E-state index in [9.17, 15) is 9.59 Å². The van der Waals surface area contributed by atoms with E-state index >= 15 is 0 Å². The van der Waals surface area contributed by atoms with E-state index < -0.39 is 18.0 Å². The molecule has 0 aliphatic rings. The van der Waals surface area contributed by atoms with E-state index in [4.69, 9.17) is 21.1 Å². The van der Waals surface area contributed by atoms with Crippen molar-refractivity contribution >= 4 is 29.2 Å². The molecule has 126 valence electrons. The number of carbonyl (C=O) groups is 2. The number of nitrogens with one attached hydrogen (secondary N) is 1. The highest BCUT2D eigenvalue weighted by Gasteiger charge is 2.19. The maximum atomic E-state index is 12.1. The van der Waals surface area contributed by atoms with Crippen LogP contribution in [0.1, 0.15) is 24.2 Å². The second-order valence-corrected chi connectivity index (χ2v) is 5.44. The summed E-state index contributed by atoms with van der Waals surface area (Å²) in [5.74, 6) is -0.278. The summed E-state index contributed by atoms with van der Waals surface area (Å²) in [5, 5.41) is 3.21. The molecule has 2 aromatic carbocycles. The Morgan fingerprint density at radius 1 is 1.08 bits per heavy atom. The zero-order valence-corrected chi connectivity index (χ0v) is 14.2. The van der Waals surface area contributed by atoms with Crippen molar-refractivity contribution in [3.8, 4) is 5.75 Å². The van der Waals surface area contributed by atoms with E-state index in [1.165, 1.54) is 6.92 Å². The molecule has 0 aliphatic heterocycles. The molecule has 0 bridgehead atoms. The SMILES string of the molecule is CCOc1ccc(NC(=O)C(C)OC(=O)c2ccc(Cl)cc2)cc1. The van der Waals surface area contributed by atoms with Crippen LogP contribution in [0.4, 0.5) is 5.69 Å². The van der Waals surface area contributed by atoms with E-state index in [1.54, 1.807) is 48.5 Å². The molecule has 2 aromatic rings. The number of hydrogen-bond donors (Lipinski definition) is 1. The van der Waals surface area contributed by atoms with Crippen LogP contribution >= 0.6 is 11.6 Å². The topological polar surface area (TPSA) is 64.6 Å². The third kappa shape index (κ3) is 4.99. The van der Waals surface area contributed by atoms with Gasteiger partial charge in [-0.3, -0.25) is 4.79 Å². The van der Waals surface area contributed by atoms with Gasteiger partial charge in [-0.2, -0.15) is 0 Å². The maximum absolute atomic E-state index is 12.1. The fraction of sp³-hybridized carbons (Fsp3) is 0.222. The predicted octanol–water partition coefficient (Wildman–Crippen LogP) is 3.92. The van der Waals surface area contributed by atoms with Gasteiger partial charge in [-0.1, -0.05) is 11.6 Å². The fourth-order valence-electron chi connectivity index (χ4n) is 1.91. The Morgan fingerprint density at radius 3 is 2.29 bits per heavy atom. The highest BCUT2D eigenvalue weighted by molar-refractivity contribution is 6.30. The van der Waals surface area contributed by atoms with Gasteiger partial charge in [0.1, 0.15) is 5.75 Å². The summed E-state index contributed by atoms with van der Waals surface area (Å²) < 4.78 is 10.5. The summed E-state index contributed by atoms with van der Waals surface area (Å²) >= 11 is 5.77. The van der Waals surface area contributed by atoms with Gasteiger partial charge in [0, 0.05) is 10.7 Å². The van der Waals surface area contributed by atoms with Crippen molar-refractivity contribution in [3.63, 3.8) is 0 Å². The van der Waals surface area contributed by atoms with Crippen molar-refractivity contribution in [2.24, 2.45) is 0 Å². The van der Waals surface area contributed by atoms with Crippen molar-refractivity contribution in [1.29, 1.82) is 0 Å². The van der Waals surface area contributed by atoms with Gasteiger partial charge < -0.3 is 14.8 Å². The molecule has 1 unspecified atom stereocenters. The monoisotopic (exact) mass is 347 g/mol. The van der Waals surface area contributed by atoms with E-state index in [1.807, 2.05) is 6.92 Å². The van der Waals surface area contributed by atoms with Gasteiger partial charge in [-0.05, 0) is 62.4 Å². The normalized spacial score (nSPS) is 11.5. The van der Waals surface area contributed by atoms with Crippen molar-refractivity contribution < 1.29 is 19.1 Å². The van der Waals surface area contributed by atoms with Crippen LogP contribution < -0.4 is 10.1 Å². The van der Waals surface area contributed by atoms with Crippen LogP contribution in [-0.2, 0) is 9.53 Å². The Labute approximate surface area is 145 Å². The molecule has 1 amide bonds. The maximum Gasteiger partial charge on any atom is 0.338 e. The number of halogens is 1. The van der Waals surface area contributed by atoms with Gasteiger partial charge >= 0.3 is 5.97 Å². The van der Waals surface area contributed by atoms with Gasteiger partial charge in [0.05, 0.1) is 12.2 Å². The third-order valence-electron chi connectivity index (χ3n) is 3.17. The fourth-order valence-corrected chi connectivity index (χ4v) is 2.04. The van der Waals surface area contributed by atoms with Crippen LogP contribution in [0.15, 0.2) is 48.5 Å². The molecule has 0 aromatic heterocycles. The minimum atomic E-state index is -0.931. The summed E-state index contributed by atoms with van der Waals surface area (Å²) in [7, 11) is 0. The molecule has 0 heterocycles. The molecule has 24 heavy (non-hydrogen) atoms. The van der Waals surface area contributed by atoms with Crippen molar-refractivity contribution in [1.82, 2.24) is 0 Å². The van der Waals surface area contributed by atoms with Crippen molar-refractivity contribution in [3.05, 3.63) is 59.1 Å². The number of amides is 1. The van der Waals surface area contributed by atoms with Gasteiger partial charge in [0.15, 0.2) is 6.10 Å². The van der Waals surface area contributed by atoms with E-state index in [2.05, 4.69) is 5.32 Å². The standard InChI is InChI=1S/C18H18ClNO4/c1-3-23-16-10-8-15(9-11-16)20-17(21)12(2)24-18(22)13-4-6-14(19)7-5-13/h4-12H,3H2,1-2H3,(H,20,21). The third-order valence-corrected chi connectivity index (χ3v) is 3.42. The number of benzene rings is 2. The highest BCUT2D eigenvalue weighted by atomic mass is 35.5. The quantitative estimate of drug-likeness (QED) is 0.804. The molecule has 5 nitrogen and oxygen atoms in total. The lowest BCUT2D eigenvalue weighted by Crippen LogP contribution is -2.29. The van der Waals surface area contributed by atoms with Crippen LogP contribution in [0.5, 0.6) is 5.75 Å². The second-order valence-electron chi connectivity index (χ2n) is 5.00. The first-order valence-corrected chi connectivity index (χ1v) is 7.87. The van der Waals surface area contributed by atoms with Gasteiger partial charge in [-0.25, -0.2) is 4.79 Å². The number of carbonyl (C=O) groups excluding carboxylic acids is 2. The molecule has 1 atom stereocenters. The lowest BCUT2D eigenvalue weighted by molar-refractivity contribution is -0.123. The first-order chi connectivity index (χ1) is 11.5. The zero-order chi connectivity index (χ0) is 17.5. The average molecular weight is 348 g/mol. The Balaban J connectivity index is 1.91. The zero-order valence-electron chi connectivity index (χ0n) is 13.4. The number of hydrogen-bond acceptors (Lipinski definition) is 4. The van der Waals surface area contributed by atoms with Crippen LogP contribution in [-0.4, -0.2) is 24.6 Å². The van der Waals surface area contributed by atoms with Gasteiger partial charge in [0.2, 0.25) is 0 Å². The first-order valence-electron chi connectivity index (χ1n) is 7.50. The smallest absolute Gasteiger partial charge is 0.338 e. The van der Waals surface area contributed by atoms with E-state index in [-0.39, 0.29) is 0 Å². The summed E-state index contributed by atoms with van der Waals surface area (Å²) in [5.41, 5.74) is 0.929. The minimum Gasteiger partial charge on any atom is -0.494 e. The molecule has 0 fully saturated rings. The summed E-state index contributed by atoms with van der Waals surface area (Å²) in [6.07, 6.45) is -0.931. The molecule has 0 aliphatic carbocycles. The highest BCUT2D eigenvalue weighted by Crippen LogP contribution is 2.16. The molecule has 0 saturated carbocycles. The van der Waals surface area contributed by atoms with Crippen LogP contribution in [0.25, 0.3) is 0 Å². The number of rotatable bonds is 6. The minimum absolute atomic E-state index is 0.333. The molecule has 6 heteroatoms. The van der Waals surface area contributed by atoms with Crippen LogP contribution in [0.2, 0.25) is 5.02 Å². The molecule has 2 rings (SSSR count). The molecule has 1 N–H and O–H groups in total. The Morgan fingerprint density at radius 2 is 1.71 bits per heavy atom. The molecule has 0 saturated heterocycles.